The molecule has 0 aliphatic carbocycles. The Morgan fingerprint density at radius 1 is 1.33 bits per heavy atom. The van der Waals surface area contributed by atoms with Crippen molar-refractivity contribution < 1.29 is 19.2 Å². The molecule has 0 aromatic heterocycles. The summed E-state index contributed by atoms with van der Waals surface area (Å²) in [6.45, 7) is 1.50. The Morgan fingerprint density at radius 2 is 2.08 bits per heavy atom. The largest absolute Gasteiger partial charge is 0.480 e. The van der Waals surface area contributed by atoms with Crippen molar-refractivity contribution in [2.45, 2.75) is 13.0 Å². The van der Waals surface area contributed by atoms with E-state index < -0.39 is 16.9 Å². The molecule has 0 spiro atoms. The zero-order valence-electron chi connectivity index (χ0n) is 12.6. The van der Waals surface area contributed by atoms with E-state index in [-0.39, 0.29) is 17.0 Å². The van der Waals surface area contributed by atoms with Crippen LogP contribution in [0.2, 0.25) is 5.02 Å². The highest BCUT2D eigenvalue weighted by Crippen LogP contribution is 2.24. The Labute approximate surface area is 142 Å². The summed E-state index contributed by atoms with van der Waals surface area (Å²) in [6.07, 6.45) is -0.492. The van der Waals surface area contributed by atoms with Crippen molar-refractivity contribution in [2.75, 3.05) is 5.32 Å². The van der Waals surface area contributed by atoms with Crippen molar-refractivity contribution in [1.29, 1.82) is 0 Å². The molecule has 2 aromatic rings. The first-order valence-electron chi connectivity index (χ1n) is 6.87. The summed E-state index contributed by atoms with van der Waals surface area (Å²) in [7, 11) is 0. The van der Waals surface area contributed by atoms with E-state index in [1.54, 1.807) is 24.3 Å². The quantitative estimate of drug-likeness (QED) is 0.489. The Kier molecular flexibility index (Phi) is 5.49. The first-order valence-corrected chi connectivity index (χ1v) is 7.25. The van der Waals surface area contributed by atoms with Gasteiger partial charge in [-0.3, -0.25) is 19.7 Å². The molecule has 0 heterocycles. The van der Waals surface area contributed by atoms with Gasteiger partial charge in [0.2, 0.25) is 0 Å². The van der Waals surface area contributed by atoms with E-state index in [1.165, 1.54) is 19.1 Å². The van der Waals surface area contributed by atoms with Crippen LogP contribution in [0.25, 0.3) is 0 Å². The predicted octanol–water partition coefficient (Wildman–Crippen LogP) is 3.47. The van der Waals surface area contributed by atoms with E-state index in [2.05, 4.69) is 5.32 Å². The maximum absolute atomic E-state index is 12.1. The lowest BCUT2D eigenvalue weighted by Crippen LogP contribution is -2.30. The molecule has 0 fully saturated rings. The Bertz CT molecular complexity index is 794. The third-order valence-electron chi connectivity index (χ3n) is 3.10. The molecule has 0 saturated heterocycles. The number of nitrogens with one attached hydrogen (secondary N) is 1. The van der Waals surface area contributed by atoms with Crippen molar-refractivity contribution >= 4 is 35.2 Å². The number of benzene rings is 2. The number of non-ortho nitro benzene ring substituents is 1. The minimum absolute atomic E-state index is 0.00777. The highest BCUT2D eigenvalue weighted by Gasteiger charge is 2.18. The molecule has 0 bridgehead atoms. The first kappa shape index (κ1) is 17.4. The SMILES string of the molecule is C[C@@H](Oc1ccc([N+](=O)[O-])cc1C=O)C(=O)Nc1cccc(Cl)c1. The van der Waals surface area contributed by atoms with E-state index in [0.29, 0.717) is 17.0 Å². The van der Waals surface area contributed by atoms with E-state index in [9.17, 15) is 19.7 Å². The summed E-state index contributed by atoms with van der Waals surface area (Å²) in [5.41, 5.74) is 0.259. The number of anilines is 1. The Hall–Kier alpha value is -2.93. The third-order valence-corrected chi connectivity index (χ3v) is 3.33. The van der Waals surface area contributed by atoms with Gasteiger partial charge in [0.15, 0.2) is 12.4 Å². The van der Waals surface area contributed by atoms with Gasteiger partial charge >= 0.3 is 0 Å². The predicted molar refractivity (Wildman–Crippen MR) is 88.7 cm³/mol. The molecule has 1 N–H and O–H groups in total. The van der Waals surface area contributed by atoms with Crippen LogP contribution in [0.4, 0.5) is 11.4 Å². The average molecular weight is 349 g/mol. The number of carbonyl (C=O) groups excluding carboxylic acids is 2. The van der Waals surface area contributed by atoms with E-state index in [4.69, 9.17) is 16.3 Å². The maximum atomic E-state index is 12.1. The fourth-order valence-electron chi connectivity index (χ4n) is 1.90. The topological polar surface area (TPSA) is 98.5 Å². The molecule has 7 nitrogen and oxygen atoms in total. The zero-order valence-corrected chi connectivity index (χ0v) is 13.3. The van der Waals surface area contributed by atoms with Crippen LogP contribution in [0.3, 0.4) is 0 Å². The minimum Gasteiger partial charge on any atom is -0.480 e. The van der Waals surface area contributed by atoms with Gasteiger partial charge in [0.1, 0.15) is 5.75 Å². The van der Waals surface area contributed by atoms with Crippen LogP contribution in [0.5, 0.6) is 5.75 Å². The van der Waals surface area contributed by atoms with Gasteiger partial charge in [-0.05, 0) is 31.2 Å². The second-order valence-corrected chi connectivity index (χ2v) is 5.29. The smallest absolute Gasteiger partial charge is 0.270 e. The molecule has 0 aliphatic rings. The zero-order chi connectivity index (χ0) is 17.7. The van der Waals surface area contributed by atoms with Crippen LogP contribution >= 0.6 is 11.6 Å². The number of nitro benzene ring substituents is 1. The summed E-state index contributed by atoms with van der Waals surface area (Å²) >= 11 is 5.84. The number of hydrogen-bond acceptors (Lipinski definition) is 5. The van der Waals surface area contributed by atoms with Gasteiger partial charge in [-0.2, -0.15) is 0 Å². The molecule has 8 heteroatoms. The van der Waals surface area contributed by atoms with Gasteiger partial charge < -0.3 is 10.1 Å². The lowest BCUT2D eigenvalue weighted by atomic mass is 10.2. The molecule has 1 atom stereocenters. The average Bonchev–Trinajstić information content (AvgIpc) is 2.54. The highest BCUT2D eigenvalue weighted by molar-refractivity contribution is 6.30. The van der Waals surface area contributed by atoms with Gasteiger partial charge in [-0.1, -0.05) is 17.7 Å². The van der Waals surface area contributed by atoms with E-state index >= 15 is 0 Å². The van der Waals surface area contributed by atoms with Gasteiger partial charge in [-0.25, -0.2) is 0 Å². The number of hydrogen-bond donors (Lipinski definition) is 1. The number of nitro groups is 1. The number of aldehydes is 1. The number of halogens is 1. The third kappa shape index (κ3) is 4.30. The van der Waals surface area contributed by atoms with E-state index in [1.807, 2.05) is 0 Å². The van der Waals surface area contributed by atoms with Crippen LogP contribution in [0.1, 0.15) is 17.3 Å². The lowest BCUT2D eigenvalue weighted by molar-refractivity contribution is -0.384. The molecule has 2 aromatic carbocycles. The molecule has 124 valence electrons. The second-order valence-electron chi connectivity index (χ2n) is 4.86. The van der Waals surface area contributed by atoms with Gasteiger partial charge in [0.25, 0.3) is 11.6 Å². The van der Waals surface area contributed by atoms with Crippen molar-refractivity contribution in [3.8, 4) is 5.75 Å². The van der Waals surface area contributed by atoms with Crippen molar-refractivity contribution in [1.82, 2.24) is 0 Å². The van der Waals surface area contributed by atoms with Crippen LogP contribution < -0.4 is 10.1 Å². The first-order chi connectivity index (χ1) is 11.4. The molecule has 24 heavy (non-hydrogen) atoms. The summed E-state index contributed by atoms with van der Waals surface area (Å²) in [4.78, 5) is 33.3. The number of ether oxygens (including phenoxy) is 1. The molecular formula is C16H13ClN2O5. The molecule has 0 radical (unpaired) electrons. The highest BCUT2D eigenvalue weighted by atomic mass is 35.5. The van der Waals surface area contributed by atoms with E-state index in [0.717, 1.165) is 6.07 Å². The van der Waals surface area contributed by atoms with Crippen LogP contribution in [-0.2, 0) is 4.79 Å². The number of nitrogens with zero attached hydrogens (tertiary/aromatic N) is 1. The fraction of sp³-hybridized carbons (Fsp3) is 0.125. The number of amides is 1. The van der Waals surface area contributed by atoms with Crippen molar-refractivity contribution in [3.63, 3.8) is 0 Å². The molecule has 0 unspecified atom stereocenters. The monoisotopic (exact) mass is 348 g/mol. The van der Waals surface area contributed by atoms with Crippen molar-refractivity contribution in [2.24, 2.45) is 0 Å². The summed E-state index contributed by atoms with van der Waals surface area (Å²) in [5, 5.41) is 13.8. The normalized spacial score (nSPS) is 11.4. The number of carbonyl (C=O) groups is 2. The van der Waals surface area contributed by atoms with Crippen LogP contribution in [0.15, 0.2) is 42.5 Å². The standard InChI is InChI=1S/C16H13ClN2O5/c1-10(16(21)18-13-4-2-3-12(17)8-13)24-15-6-5-14(19(22)23)7-11(15)9-20/h2-10H,1H3,(H,18,21)/t10-/m1/s1. The fourth-order valence-corrected chi connectivity index (χ4v) is 2.09. The van der Waals surface area contributed by atoms with Gasteiger partial charge in [0, 0.05) is 22.8 Å². The maximum Gasteiger partial charge on any atom is 0.270 e. The molecule has 2 rings (SSSR count). The molecular weight excluding hydrogens is 336 g/mol. The second kappa shape index (κ2) is 7.56. The number of rotatable bonds is 6. The van der Waals surface area contributed by atoms with Gasteiger partial charge in [0.05, 0.1) is 10.5 Å². The van der Waals surface area contributed by atoms with Gasteiger partial charge in [-0.15, -0.1) is 0 Å². The minimum atomic E-state index is -0.927. The lowest BCUT2D eigenvalue weighted by Gasteiger charge is -2.16. The molecule has 0 saturated carbocycles. The summed E-state index contributed by atoms with van der Waals surface area (Å²) in [6, 6.07) is 10.2. The Balaban J connectivity index is 2.11. The molecule has 1 amide bonds. The van der Waals surface area contributed by atoms with Crippen LogP contribution in [-0.4, -0.2) is 23.2 Å². The summed E-state index contributed by atoms with van der Waals surface area (Å²) < 4.78 is 5.44. The Morgan fingerprint density at radius 3 is 2.71 bits per heavy atom. The van der Waals surface area contributed by atoms with Crippen LogP contribution in [0, 0.1) is 10.1 Å². The van der Waals surface area contributed by atoms with Crippen molar-refractivity contribution in [3.05, 3.63) is 63.2 Å². The summed E-state index contributed by atoms with van der Waals surface area (Å²) in [5.74, 6) is -0.364. The molecule has 0 aliphatic heterocycles.